The predicted octanol–water partition coefficient (Wildman–Crippen LogP) is 1.78. The minimum absolute atomic E-state index is 0.0540. The third-order valence-electron chi connectivity index (χ3n) is 0.619. The Labute approximate surface area is 56.2 Å². The van der Waals surface area contributed by atoms with Gasteiger partial charge in [0.2, 0.25) is 5.24 Å². The lowest BCUT2D eigenvalue weighted by atomic mass is 10.3. The van der Waals surface area contributed by atoms with Crippen LogP contribution in [0, 0.1) is 5.92 Å². The van der Waals surface area contributed by atoms with Gasteiger partial charge in [-0.25, -0.2) is 0 Å². The molecule has 0 saturated carbocycles. The van der Waals surface area contributed by atoms with Crippen LogP contribution in [0.2, 0.25) is 0 Å². The smallest absolute Gasteiger partial charge is 0.225 e. The zero-order chi connectivity index (χ0) is 5.86. The summed E-state index contributed by atoms with van der Waals surface area (Å²) in [6.07, 6.45) is 0. The Kier molecular flexibility index (Phi) is 3.66. The van der Waals surface area contributed by atoms with Crippen molar-refractivity contribution in [1.82, 2.24) is 0 Å². The first-order chi connectivity index (χ1) is 3.18. The zero-order valence-corrected chi connectivity index (χ0v) is 6.29. The SMILES string of the molecule is C[C@H](CBr)C(=O)Cl. The average Bonchev–Trinajstić information content (AvgIpc) is 1.65. The molecule has 7 heavy (non-hydrogen) atoms. The number of carbonyl (C=O) groups excluding carboxylic acids is 1. The van der Waals surface area contributed by atoms with Crippen molar-refractivity contribution in [2.75, 3.05) is 5.33 Å². The molecule has 0 N–H and O–H groups in total. The van der Waals surface area contributed by atoms with Crippen molar-refractivity contribution in [3.63, 3.8) is 0 Å². The van der Waals surface area contributed by atoms with Crippen molar-refractivity contribution in [3.8, 4) is 0 Å². The summed E-state index contributed by atoms with van der Waals surface area (Å²) >= 11 is 8.17. The highest BCUT2D eigenvalue weighted by atomic mass is 79.9. The highest BCUT2D eigenvalue weighted by molar-refractivity contribution is 9.09. The molecule has 1 atom stereocenters. The molecule has 0 rings (SSSR count). The number of rotatable bonds is 2. The topological polar surface area (TPSA) is 17.1 Å². The lowest BCUT2D eigenvalue weighted by Crippen LogP contribution is -2.03. The van der Waals surface area contributed by atoms with Crippen molar-refractivity contribution < 1.29 is 4.79 Å². The minimum atomic E-state index is -0.281. The number of alkyl halides is 1. The maximum atomic E-state index is 10.1. The maximum absolute atomic E-state index is 10.1. The molecule has 0 aliphatic heterocycles. The highest BCUT2D eigenvalue weighted by Gasteiger charge is 2.05. The summed E-state index contributed by atoms with van der Waals surface area (Å²) in [7, 11) is 0. The number of hydrogen-bond donors (Lipinski definition) is 0. The molecule has 0 amide bonds. The molecule has 0 radical (unpaired) electrons. The molecule has 0 heterocycles. The van der Waals surface area contributed by atoms with Gasteiger partial charge >= 0.3 is 0 Å². The third kappa shape index (κ3) is 3.06. The second-order valence-corrected chi connectivity index (χ2v) is 2.38. The second-order valence-electron chi connectivity index (χ2n) is 1.36. The number of halogens is 2. The van der Waals surface area contributed by atoms with Gasteiger partial charge in [0.25, 0.3) is 0 Å². The number of hydrogen-bond acceptors (Lipinski definition) is 1. The molecule has 0 saturated heterocycles. The van der Waals surface area contributed by atoms with Crippen LogP contribution in [-0.4, -0.2) is 10.6 Å². The van der Waals surface area contributed by atoms with Crippen molar-refractivity contribution in [1.29, 1.82) is 0 Å². The Morgan fingerprint density at radius 1 is 2.00 bits per heavy atom. The van der Waals surface area contributed by atoms with Crippen molar-refractivity contribution >= 4 is 32.8 Å². The van der Waals surface area contributed by atoms with E-state index >= 15 is 0 Å². The zero-order valence-electron chi connectivity index (χ0n) is 3.95. The minimum Gasteiger partial charge on any atom is -0.281 e. The molecule has 0 aliphatic carbocycles. The van der Waals surface area contributed by atoms with E-state index in [-0.39, 0.29) is 11.2 Å². The van der Waals surface area contributed by atoms with Crippen LogP contribution in [-0.2, 0) is 4.79 Å². The lowest BCUT2D eigenvalue weighted by molar-refractivity contribution is -0.114. The summed E-state index contributed by atoms with van der Waals surface area (Å²) in [4.78, 5) is 10.1. The number of carbonyl (C=O) groups is 1. The Morgan fingerprint density at radius 3 is 2.43 bits per heavy atom. The van der Waals surface area contributed by atoms with Crippen molar-refractivity contribution in [2.24, 2.45) is 5.92 Å². The molecule has 0 aromatic rings. The van der Waals surface area contributed by atoms with Crippen LogP contribution in [0.4, 0.5) is 0 Å². The van der Waals surface area contributed by atoms with Gasteiger partial charge in [-0.15, -0.1) is 0 Å². The highest BCUT2D eigenvalue weighted by Crippen LogP contribution is 2.02. The molecule has 0 aromatic carbocycles. The summed E-state index contributed by atoms with van der Waals surface area (Å²) in [5.74, 6) is -0.0540. The van der Waals surface area contributed by atoms with Crippen LogP contribution in [0.15, 0.2) is 0 Å². The first kappa shape index (κ1) is 7.44. The van der Waals surface area contributed by atoms with E-state index < -0.39 is 0 Å². The van der Waals surface area contributed by atoms with Crippen LogP contribution < -0.4 is 0 Å². The van der Waals surface area contributed by atoms with E-state index in [4.69, 9.17) is 11.6 Å². The Bertz CT molecular complexity index is 74.1. The lowest BCUT2D eigenvalue weighted by Gasteiger charge is -1.94. The summed E-state index contributed by atoms with van der Waals surface area (Å²) < 4.78 is 0. The molecular formula is C4H6BrClO. The van der Waals surface area contributed by atoms with E-state index in [1.165, 1.54) is 0 Å². The first-order valence-corrected chi connectivity index (χ1v) is 3.43. The summed E-state index contributed by atoms with van der Waals surface area (Å²) in [6, 6.07) is 0. The van der Waals surface area contributed by atoms with Gasteiger partial charge in [-0.2, -0.15) is 0 Å². The molecule has 3 heteroatoms. The monoisotopic (exact) mass is 184 g/mol. The van der Waals surface area contributed by atoms with E-state index in [1.54, 1.807) is 6.92 Å². The average molecular weight is 185 g/mol. The van der Waals surface area contributed by atoms with Gasteiger partial charge in [-0.05, 0) is 11.6 Å². The fraction of sp³-hybridized carbons (Fsp3) is 0.750. The van der Waals surface area contributed by atoms with Crippen LogP contribution in [0.25, 0.3) is 0 Å². The van der Waals surface area contributed by atoms with Gasteiger partial charge in [0.05, 0.1) is 0 Å². The van der Waals surface area contributed by atoms with Gasteiger partial charge in [-0.3, -0.25) is 4.79 Å². The molecular weight excluding hydrogens is 179 g/mol. The maximum Gasteiger partial charge on any atom is 0.225 e. The van der Waals surface area contributed by atoms with Crippen LogP contribution in [0.3, 0.4) is 0 Å². The fourth-order valence-corrected chi connectivity index (χ4v) is 0.618. The fourth-order valence-electron chi connectivity index (χ4n) is 0.0607. The molecule has 0 unspecified atom stereocenters. The van der Waals surface area contributed by atoms with Crippen LogP contribution >= 0.6 is 27.5 Å². The Morgan fingerprint density at radius 2 is 2.43 bits per heavy atom. The Hall–Kier alpha value is 0.440. The summed E-state index contributed by atoms with van der Waals surface area (Å²) in [6.45, 7) is 1.77. The molecule has 0 fully saturated rings. The van der Waals surface area contributed by atoms with Crippen molar-refractivity contribution in [2.45, 2.75) is 6.92 Å². The van der Waals surface area contributed by atoms with E-state index in [0.29, 0.717) is 5.33 Å². The van der Waals surface area contributed by atoms with E-state index in [9.17, 15) is 4.79 Å². The molecule has 0 aliphatic rings. The third-order valence-corrected chi connectivity index (χ3v) is 1.96. The second kappa shape index (κ2) is 3.44. The van der Waals surface area contributed by atoms with E-state index in [1.807, 2.05) is 0 Å². The summed E-state index contributed by atoms with van der Waals surface area (Å²) in [5.41, 5.74) is 0. The van der Waals surface area contributed by atoms with E-state index in [0.717, 1.165) is 0 Å². The molecule has 1 nitrogen and oxygen atoms in total. The molecule has 42 valence electrons. The molecule has 0 aromatic heterocycles. The quantitative estimate of drug-likeness (QED) is 0.473. The van der Waals surface area contributed by atoms with Gasteiger partial charge < -0.3 is 0 Å². The van der Waals surface area contributed by atoms with Gasteiger partial charge in [0.15, 0.2) is 0 Å². The first-order valence-electron chi connectivity index (χ1n) is 1.93. The predicted molar refractivity (Wildman–Crippen MR) is 33.8 cm³/mol. The standard InChI is InChI=1S/C4H6BrClO/c1-3(2-5)4(6)7/h3H,2H2,1H3/t3-/m1/s1. The van der Waals surface area contributed by atoms with Crippen LogP contribution in [0.5, 0.6) is 0 Å². The van der Waals surface area contributed by atoms with Crippen LogP contribution in [0.1, 0.15) is 6.92 Å². The largest absolute Gasteiger partial charge is 0.281 e. The van der Waals surface area contributed by atoms with Gasteiger partial charge in [0, 0.05) is 11.2 Å². The van der Waals surface area contributed by atoms with Gasteiger partial charge in [-0.1, -0.05) is 22.9 Å². The molecule has 0 bridgehead atoms. The van der Waals surface area contributed by atoms with E-state index in [2.05, 4.69) is 15.9 Å². The molecule has 0 spiro atoms. The Balaban J connectivity index is 3.34. The van der Waals surface area contributed by atoms with Crippen molar-refractivity contribution in [3.05, 3.63) is 0 Å². The summed E-state index contributed by atoms with van der Waals surface area (Å²) in [5, 5.41) is 0.367. The normalized spacial score (nSPS) is 13.6. The van der Waals surface area contributed by atoms with Gasteiger partial charge in [0.1, 0.15) is 0 Å².